The zero-order chi connectivity index (χ0) is 13.9. The van der Waals surface area contributed by atoms with Crippen LogP contribution in [-0.2, 0) is 6.54 Å². The number of rotatable bonds is 3. The van der Waals surface area contributed by atoms with E-state index in [1.807, 2.05) is 24.3 Å². The van der Waals surface area contributed by atoms with Gasteiger partial charge in [0.15, 0.2) is 0 Å². The predicted molar refractivity (Wildman–Crippen MR) is 81.0 cm³/mol. The Balaban J connectivity index is 1.87. The van der Waals surface area contributed by atoms with Crippen LogP contribution in [0.25, 0.3) is 10.9 Å². The first-order chi connectivity index (χ1) is 9.72. The Hall–Kier alpha value is -2.01. The van der Waals surface area contributed by atoms with E-state index in [4.69, 9.17) is 0 Å². The number of hydrogen-bond donors (Lipinski definition) is 1. The lowest BCUT2D eigenvalue weighted by atomic mass is 10.2. The van der Waals surface area contributed by atoms with Crippen LogP contribution in [0.15, 0.2) is 53.3 Å². The van der Waals surface area contributed by atoms with Crippen molar-refractivity contribution in [3.63, 3.8) is 0 Å². The molecule has 0 unspecified atom stereocenters. The maximum atomic E-state index is 13.3. The van der Waals surface area contributed by atoms with Crippen molar-refractivity contribution in [2.24, 2.45) is 0 Å². The Labute approximate surface area is 124 Å². The second-order valence-electron chi connectivity index (χ2n) is 4.36. The Kier molecular flexibility index (Phi) is 3.60. The molecular weight excluding hydrogens is 321 g/mol. The number of nitrogens with zero attached hydrogens (tertiary/aromatic N) is 2. The van der Waals surface area contributed by atoms with Gasteiger partial charge in [0.25, 0.3) is 0 Å². The largest absolute Gasteiger partial charge is 0.365 e. The SMILES string of the molecule is Fc1ccc2ncnc(NCc3ccc(Br)cc3)c2c1. The van der Waals surface area contributed by atoms with E-state index in [0.717, 1.165) is 15.6 Å². The molecule has 0 aliphatic heterocycles. The Morgan fingerprint density at radius 3 is 2.65 bits per heavy atom. The summed E-state index contributed by atoms with van der Waals surface area (Å²) in [6.07, 6.45) is 1.48. The molecule has 0 atom stereocenters. The molecule has 2 aromatic carbocycles. The van der Waals surface area contributed by atoms with Crippen molar-refractivity contribution in [1.29, 1.82) is 0 Å². The number of anilines is 1. The van der Waals surface area contributed by atoms with Crippen molar-refractivity contribution in [2.75, 3.05) is 5.32 Å². The highest BCUT2D eigenvalue weighted by atomic mass is 79.9. The van der Waals surface area contributed by atoms with E-state index in [0.29, 0.717) is 17.7 Å². The molecule has 5 heteroatoms. The molecule has 0 amide bonds. The molecule has 0 saturated heterocycles. The third-order valence-electron chi connectivity index (χ3n) is 2.97. The molecule has 0 radical (unpaired) electrons. The van der Waals surface area contributed by atoms with Crippen LogP contribution >= 0.6 is 15.9 Å². The van der Waals surface area contributed by atoms with Gasteiger partial charge in [-0.05, 0) is 35.9 Å². The molecule has 1 aromatic heterocycles. The summed E-state index contributed by atoms with van der Waals surface area (Å²) in [6, 6.07) is 12.5. The fourth-order valence-corrected chi connectivity index (χ4v) is 2.22. The van der Waals surface area contributed by atoms with E-state index in [9.17, 15) is 4.39 Å². The van der Waals surface area contributed by atoms with Gasteiger partial charge >= 0.3 is 0 Å². The van der Waals surface area contributed by atoms with Gasteiger partial charge in [0.2, 0.25) is 0 Å². The van der Waals surface area contributed by atoms with Gasteiger partial charge in [0.1, 0.15) is 18.0 Å². The van der Waals surface area contributed by atoms with Crippen LogP contribution in [-0.4, -0.2) is 9.97 Å². The molecule has 0 saturated carbocycles. The summed E-state index contributed by atoms with van der Waals surface area (Å²) in [6.45, 7) is 0.621. The van der Waals surface area contributed by atoms with Gasteiger partial charge < -0.3 is 5.32 Å². The molecule has 3 rings (SSSR count). The van der Waals surface area contributed by atoms with E-state index in [2.05, 4.69) is 31.2 Å². The zero-order valence-electron chi connectivity index (χ0n) is 10.5. The zero-order valence-corrected chi connectivity index (χ0v) is 12.1. The van der Waals surface area contributed by atoms with Crippen LogP contribution in [0.5, 0.6) is 0 Å². The molecule has 100 valence electrons. The monoisotopic (exact) mass is 331 g/mol. The Morgan fingerprint density at radius 1 is 1.05 bits per heavy atom. The first-order valence-corrected chi connectivity index (χ1v) is 6.90. The summed E-state index contributed by atoms with van der Waals surface area (Å²) in [4.78, 5) is 8.31. The molecular formula is C15H11BrFN3. The number of nitrogens with one attached hydrogen (secondary N) is 1. The van der Waals surface area contributed by atoms with Crippen LogP contribution in [0.1, 0.15) is 5.56 Å². The minimum absolute atomic E-state index is 0.293. The molecule has 3 aromatic rings. The van der Waals surface area contributed by atoms with Crippen LogP contribution in [0.2, 0.25) is 0 Å². The summed E-state index contributed by atoms with van der Waals surface area (Å²) in [7, 11) is 0. The summed E-state index contributed by atoms with van der Waals surface area (Å²) in [5.41, 5.74) is 1.84. The number of fused-ring (bicyclic) bond motifs is 1. The second kappa shape index (κ2) is 5.54. The quantitative estimate of drug-likeness (QED) is 0.783. The average molecular weight is 332 g/mol. The number of halogens is 2. The van der Waals surface area contributed by atoms with E-state index < -0.39 is 0 Å². The molecule has 0 fully saturated rings. The number of hydrogen-bond acceptors (Lipinski definition) is 3. The topological polar surface area (TPSA) is 37.8 Å². The minimum Gasteiger partial charge on any atom is -0.365 e. The lowest BCUT2D eigenvalue weighted by molar-refractivity contribution is 0.629. The average Bonchev–Trinajstić information content (AvgIpc) is 2.47. The molecule has 20 heavy (non-hydrogen) atoms. The predicted octanol–water partition coefficient (Wildman–Crippen LogP) is 4.14. The molecule has 3 nitrogen and oxygen atoms in total. The maximum absolute atomic E-state index is 13.3. The fraction of sp³-hybridized carbons (Fsp3) is 0.0667. The van der Waals surface area contributed by atoms with Gasteiger partial charge in [-0.25, -0.2) is 14.4 Å². The van der Waals surface area contributed by atoms with Crippen molar-refractivity contribution >= 4 is 32.7 Å². The van der Waals surface area contributed by atoms with Crippen LogP contribution < -0.4 is 5.32 Å². The first-order valence-electron chi connectivity index (χ1n) is 6.11. The molecule has 0 bridgehead atoms. The molecule has 1 heterocycles. The minimum atomic E-state index is -0.293. The highest BCUT2D eigenvalue weighted by Gasteiger charge is 2.04. The first kappa shape index (κ1) is 13.0. The summed E-state index contributed by atoms with van der Waals surface area (Å²) in [5.74, 6) is 0.344. The van der Waals surface area contributed by atoms with Gasteiger partial charge in [-0.15, -0.1) is 0 Å². The lowest BCUT2D eigenvalue weighted by Crippen LogP contribution is -2.02. The summed E-state index contributed by atoms with van der Waals surface area (Å²) < 4.78 is 14.4. The van der Waals surface area contributed by atoms with Gasteiger partial charge in [-0.1, -0.05) is 28.1 Å². The van der Waals surface area contributed by atoms with Gasteiger partial charge in [-0.3, -0.25) is 0 Å². The van der Waals surface area contributed by atoms with Crippen molar-refractivity contribution in [2.45, 2.75) is 6.54 Å². The van der Waals surface area contributed by atoms with Crippen molar-refractivity contribution in [3.05, 3.63) is 64.6 Å². The number of benzene rings is 2. The third kappa shape index (κ3) is 2.77. The summed E-state index contributed by atoms with van der Waals surface area (Å²) in [5, 5.41) is 3.90. The van der Waals surface area contributed by atoms with Crippen molar-refractivity contribution in [3.8, 4) is 0 Å². The van der Waals surface area contributed by atoms with Crippen LogP contribution in [0.3, 0.4) is 0 Å². The van der Waals surface area contributed by atoms with E-state index >= 15 is 0 Å². The lowest BCUT2D eigenvalue weighted by Gasteiger charge is -2.08. The highest BCUT2D eigenvalue weighted by Crippen LogP contribution is 2.21. The standard InChI is InChI=1S/C15H11BrFN3/c16-11-3-1-10(2-4-11)8-18-15-13-7-12(17)5-6-14(13)19-9-20-15/h1-7,9H,8H2,(H,18,19,20). The molecule has 1 N–H and O–H groups in total. The Bertz CT molecular complexity index is 744. The van der Waals surface area contributed by atoms with Crippen LogP contribution in [0, 0.1) is 5.82 Å². The van der Waals surface area contributed by atoms with Crippen LogP contribution in [0.4, 0.5) is 10.2 Å². The fourth-order valence-electron chi connectivity index (χ4n) is 1.96. The normalized spacial score (nSPS) is 10.7. The molecule has 0 aliphatic rings. The van der Waals surface area contributed by atoms with Crippen molar-refractivity contribution < 1.29 is 4.39 Å². The molecule has 0 spiro atoms. The smallest absolute Gasteiger partial charge is 0.137 e. The number of aromatic nitrogens is 2. The van der Waals surface area contributed by atoms with Gasteiger partial charge in [0.05, 0.1) is 5.52 Å². The summed E-state index contributed by atoms with van der Waals surface area (Å²) >= 11 is 3.40. The molecule has 0 aliphatic carbocycles. The van der Waals surface area contributed by atoms with Gasteiger partial charge in [0, 0.05) is 16.4 Å². The van der Waals surface area contributed by atoms with E-state index in [-0.39, 0.29) is 5.82 Å². The highest BCUT2D eigenvalue weighted by molar-refractivity contribution is 9.10. The van der Waals surface area contributed by atoms with Gasteiger partial charge in [-0.2, -0.15) is 0 Å². The Morgan fingerprint density at radius 2 is 1.85 bits per heavy atom. The van der Waals surface area contributed by atoms with E-state index in [1.165, 1.54) is 18.5 Å². The second-order valence-corrected chi connectivity index (χ2v) is 5.28. The third-order valence-corrected chi connectivity index (χ3v) is 3.50. The van der Waals surface area contributed by atoms with E-state index in [1.54, 1.807) is 6.07 Å². The van der Waals surface area contributed by atoms with Crippen molar-refractivity contribution in [1.82, 2.24) is 9.97 Å². The maximum Gasteiger partial charge on any atom is 0.137 e.